The molecule has 0 atom stereocenters. The zero-order valence-electron chi connectivity index (χ0n) is 12.4. The van der Waals surface area contributed by atoms with Crippen LogP contribution < -0.4 is 0 Å². The molecule has 1 saturated heterocycles. The predicted molar refractivity (Wildman–Crippen MR) is 81.0 cm³/mol. The Morgan fingerprint density at radius 1 is 1.19 bits per heavy atom. The maximum atomic E-state index is 13.7. The molecule has 1 heterocycles. The summed E-state index contributed by atoms with van der Waals surface area (Å²) in [5.41, 5.74) is 1.25. The molecule has 0 bridgehead atoms. The Bertz CT molecular complexity index is 616. The van der Waals surface area contributed by atoms with Gasteiger partial charge in [-0.1, -0.05) is 23.8 Å². The molecule has 0 aliphatic carbocycles. The van der Waals surface area contributed by atoms with Crippen molar-refractivity contribution in [1.29, 1.82) is 0 Å². The van der Waals surface area contributed by atoms with Gasteiger partial charge in [0, 0.05) is 32.7 Å². The first-order chi connectivity index (χ1) is 9.91. The van der Waals surface area contributed by atoms with Crippen molar-refractivity contribution in [2.24, 2.45) is 0 Å². The summed E-state index contributed by atoms with van der Waals surface area (Å²) in [4.78, 5) is 1.96. The van der Waals surface area contributed by atoms with E-state index in [4.69, 9.17) is 0 Å². The zero-order chi connectivity index (χ0) is 15.5. The summed E-state index contributed by atoms with van der Waals surface area (Å²) >= 11 is 0. The van der Waals surface area contributed by atoms with Crippen LogP contribution in [0, 0.1) is 5.82 Å². The van der Waals surface area contributed by atoms with Gasteiger partial charge in [0.25, 0.3) is 0 Å². The number of piperazine rings is 1. The standard InChI is InChI=1S/C15H21FN2O2S/c1-13(2)7-8-17-9-11-18(12-10-17)21(19,20)15-6-4-3-5-14(15)16/h3-7H,8-12H2,1-2H3. The molecule has 1 aliphatic rings. The summed E-state index contributed by atoms with van der Waals surface area (Å²) in [6, 6.07) is 5.53. The van der Waals surface area contributed by atoms with Gasteiger partial charge in [-0.3, -0.25) is 4.90 Å². The lowest BCUT2D eigenvalue weighted by molar-refractivity contribution is 0.204. The normalized spacial score (nSPS) is 17.7. The van der Waals surface area contributed by atoms with E-state index in [0.717, 1.165) is 6.54 Å². The predicted octanol–water partition coefficient (Wildman–Crippen LogP) is 2.10. The minimum absolute atomic E-state index is 0.234. The van der Waals surface area contributed by atoms with Crippen LogP contribution in [-0.4, -0.2) is 50.3 Å². The van der Waals surface area contributed by atoms with Gasteiger partial charge in [-0.2, -0.15) is 4.31 Å². The molecule has 21 heavy (non-hydrogen) atoms. The van der Waals surface area contributed by atoms with Crippen molar-refractivity contribution in [2.75, 3.05) is 32.7 Å². The number of allylic oxidation sites excluding steroid dienone is 1. The van der Waals surface area contributed by atoms with E-state index >= 15 is 0 Å². The van der Waals surface area contributed by atoms with Crippen LogP contribution in [0.25, 0.3) is 0 Å². The molecule has 0 unspecified atom stereocenters. The fourth-order valence-corrected chi connectivity index (χ4v) is 3.74. The van der Waals surface area contributed by atoms with Crippen molar-refractivity contribution in [3.63, 3.8) is 0 Å². The average molecular weight is 312 g/mol. The Balaban J connectivity index is 2.05. The van der Waals surface area contributed by atoms with Gasteiger partial charge in [0.1, 0.15) is 10.7 Å². The number of nitrogens with zero attached hydrogens (tertiary/aromatic N) is 2. The molecule has 2 rings (SSSR count). The monoisotopic (exact) mass is 312 g/mol. The van der Waals surface area contributed by atoms with Gasteiger partial charge in [-0.05, 0) is 26.0 Å². The van der Waals surface area contributed by atoms with Crippen LogP contribution in [-0.2, 0) is 10.0 Å². The molecule has 0 amide bonds. The minimum Gasteiger partial charge on any atom is -0.297 e. The van der Waals surface area contributed by atoms with Gasteiger partial charge >= 0.3 is 0 Å². The SMILES string of the molecule is CC(C)=CCN1CCN(S(=O)(=O)c2ccccc2F)CC1. The van der Waals surface area contributed by atoms with E-state index in [1.165, 1.54) is 28.1 Å². The van der Waals surface area contributed by atoms with Crippen LogP contribution in [0.2, 0.25) is 0 Å². The molecule has 1 fully saturated rings. The maximum absolute atomic E-state index is 13.7. The first-order valence-corrected chi connectivity index (χ1v) is 8.45. The first kappa shape index (κ1) is 16.1. The molecule has 1 aromatic rings. The van der Waals surface area contributed by atoms with Crippen molar-refractivity contribution in [1.82, 2.24) is 9.21 Å². The molecule has 0 spiro atoms. The summed E-state index contributed by atoms with van der Waals surface area (Å²) in [5.74, 6) is -0.690. The number of hydrogen-bond donors (Lipinski definition) is 0. The fraction of sp³-hybridized carbons (Fsp3) is 0.467. The topological polar surface area (TPSA) is 40.6 Å². The fourth-order valence-electron chi connectivity index (χ4n) is 2.26. The Morgan fingerprint density at radius 3 is 2.38 bits per heavy atom. The minimum atomic E-state index is -3.73. The number of sulfonamides is 1. The quantitative estimate of drug-likeness (QED) is 0.800. The Labute approximate surface area is 125 Å². The van der Waals surface area contributed by atoms with E-state index in [2.05, 4.69) is 11.0 Å². The number of hydrogen-bond acceptors (Lipinski definition) is 3. The summed E-state index contributed by atoms with van der Waals surface area (Å²) in [7, 11) is -3.73. The smallest absolute Gasteiger partial charge is 0.246 e. The number of halogens is 1. The molecular weight excluding hydrogens is 291 g/mol. The number of rotatable bonds is 4. The third kappa shape index (κ3) is 3.90. The third-order valence-electron chi connectivity index (χ3n) is 3.54. The maximum Gasteiger partial charge on any atom is 0.246 e. The van der Waals surface area contributed by atoms with E-state index in [1.54, 1.807) is 6.07 Å². The summed E-state index contributed by atoms with van der Waals surface area (Å²) < 4.78 is 39.9. The van der Waals surface area contributed by atoms with Crippen LogP contribution in [0.15, 0.2) is 40.8 Å². The molecule has 0 saturated carbocycles. The Kier molecular flexibility index (Phi) is 5.13. The molecule has 0 N–H and O–H groups in total. The van der Waals surface area contributed by atoms with E-state index in [1.807, 2.05) is 13.8 Å². The second-order valence-electron chi connectivity index (χ2n) is 5.42. The van der Waals surface area contributed by atoms with E-state index in [9.17, 15) is 12.8 Å². The van der Waals surface area contributed by atoms with Crippen molar-refractivity contribution in [2.45, 2.75) is 18.7 Å². The summed E-state index contributed by atoms with van der Waals surface area (Å²) in [6.07, 6.45) is 2.13. The van der Waals surface area contributed by atoms with Gasteiger partial charge < -0.3 is 0 Å². The van der Waals surface area contributed by atoms with Crippen LogP contribution in [0.1, 0.15) is 13.8 Å². The second kappa shape index (κ2) is 6.68. The first-order valence-electron chi connectivity index (χ1n) is 7.01. The van der Waals surface area contributed by atoms with Gasteiger partial charge in [0.2, 0.25) is 10.0 Å². The van der Waals surface area contributed by atoms with E-state index < -0.39 is 15.8 Å². The van der Waals surface area contributed by atoms with Gasteiger partial charge in [0.15, 0.2) is 0 Å². The molecule has 6 heteroatoms. The van der Waals surface area contributed by atoms with E-state index in [0.29, 0.717) is 26.2 Å². The van der Waals surface area contributed by atoms with Crippen molar-refractivity contribution in [3.8, 4) is 0 Å². The Hall–Kier alpha value is -1.24. The van der Waals surface area contributed by atoms with E-state index in [-0.39, 0.29) is 4.90 Å². The van der Waals surface area contributed by atoms with Crippen molar-refractivity contribution >= 4 is 10.0 Å². The molecule has 0 aromatic heterocycles. The largest absolute Gasteiger partial charge is 0.297 e. The van der Waals surface area contributed by atoms with Crippen molar-refractivity contribution in [3.05, 3.63) is 41.7 Å². The van der Waals surface area contributed by atoms with Gasteiger partial charge in [-0.25, -0.2) is 12.8 Å². The summed E-state index contributed by atoms with van der Waals surface area (Å²) in [5, 5.41) is 0. The molecular formula is C15H21FN2O2S. The molecule has 116 valence electrons. The van der Waals surface area contributed by atoms with Crippen LogP contribution in [0.3, 0.4) is 0 Å². The third-order valence-corrected chi connectivity index (χ3v) is 5.48. The highest BCUT2D eigenvalue weighted by atomic mass is 32.2. The lowest BCUT2D eigenvalue weighted by Gasteiger charge is -2.33. The highest BCUT2D eigenvalue weighted by Gasteiger charge is 2.29. The lowest BCUT2D eigenvalue weighted by Crippen LogP contribution is -2.48. The van der Waals surface area contributed by atoms with Crippen LogP contribution >= 0.6 is 0 Å². The zero-order valence-corrected chi connectivity index (χ0v) is 13.2. The lowest BCUT2D eigenvalue weighted by atomic mass is 10.3. The Morgan fingerprint density at radius 2 is 1.81 bits per heavy atom. The number of benzene rings is 1. The average Bonchev–Trinajstić information content (AvgIpc) is 2.46. The highest BCUT2D eigenvalue weighted by Crippen LogP contribution is 2.20. The van der Waals surface area contributed by atoms with Gasteiger partial charge in [0.05, 0.1) is 0 Å². The van der Waals surface area contributed by atoms with Crippen LogP contribution in [0.5, 0.6) is 0 Å². The molecule has 4 nitrogen and oxygen atoms in total. The molecule has 1 aromatic carbocycles. The van der Waals surface area contributed by atoms with Crippen molar-refractivity contribution < 1.29 is 12.8 Å². The summed E-state index contributed by atoms with van der Waals surface area (Å²) in [6.45, 7) is 7.03. The molecule has 1 aliphatic heterocycles. The van der Waals surface area contributed by atoms with Crippen LogP contribution in [0.4, 0.5) is 4.39 Å². The van der Waals surface area contributed by atoms with Gasteiger partial charge in [-0.15, -0.1) is 0 Å². The molecule has 0 radical (unpaired) electrons. The second-order valence-corrected chi connectivity index (χ2v) is 7.32. The highest BCUT2D eigenvalue weighted by molar-refractivity contribution is 7.89.